The van der Waals surface area contributed by atoms with Gasteiger partial charge in [-0.25, -0.2) is 0 Å². The van der Waals surface area contributed by atoms with E-state index < -0.39 is 0 Å². The first-order chi connectivity index (χ1) is 7.78. The molecule has 1 aromatic heterocycles. The molecule has 1 heterocycles. The third-order valence-corrected chi connectivity index (χ3v) is 1.99. The molecule has 2 aromatic rings. The normalized spacial score (nSPS) is 9.75. The number of anilines is 1. The standard InChI is InChI=1S/C12H10N2O2/c13-10-1-3-11(4-2-10)16-12-5-9(8-15)6-14-7-12/h1-8H,13H2. The van der Waals surface area contributed by atoms with Gasteiger partial charge in [0.15, 0.2) is 6.29 Å². The average Bonchev–Trinajstić information content (AvgIpc) is 2.32. The van der Waals surface area contributed by atoms with Crippen LogP contribution >= 0.6 is 0 Å². The number of hydrogen-bond acceptors (Lipinski definition) is 4. The SMILES string of the molecule is Nc1ccc(Oc2cncc(C=O)c2)cc1. The highest BCUT2D eigenvalue weighted by Gasteiger charge is 1.99. The summed E-state index contributed by atoms with van der Waals surface area (Å²) in [6.07, 6.45) is 3.75. The molecular formula is C12H10N2O2. The predicted octanol–water partition coefficient (Wildman–Crippen LogP) is 2.27. The fourth-order valence-electron chi connectivity index (χ4n) is 1.23. The molecule has 0 aliphatic rings. The topological polar surface area (TPSA) is 65.2 Å². The molecule has 0 aliphatic carbocycles. The molecule has 0 spiro atoms. The van der Waals surface area contributed by atoms with Gasteiger partial charge >= 0.3 is 0 Å². The summed E-state index contributed by atoms with van der Waals surface area (Å²) in [5.74, 6) is 1.17. The quantitative estimate of drug-likeness (QED) is 0.628. The van der Waals surface area contributed by atoms with Crippen molar-refractivity contribution in [2.75, 3.05) is 5.73 Å². The smallest absolute Gasteiger partial charge is 0.151 e. The van der Waals surface area contributed by atoms with Crippen molar-refractivity contribution in [3.8, 4) is 11.5 Å². The van der Waals surface area contributed by atoms with Crippen LogP contribution in [-0.2, 0) is 0 Å². The van der Waals surface area contributed by atoms with Crippen LogP contribution in [0.1, 0.15) is 10.4 Å². The van der Waals surface area contributed by atoms with Crippen molar-refractivity contribution < 1.29 is 9.53 Å². The molecule has 16 heavy (non-hydrogen) atoms. The van der Waals surface area contributed by atoms with Gasteiger partial charge in [0, 0.05) is 17.4 Å². The Labute approximate surface area is 92.7 Å². The lowest BCUT2D eigenvalue weighted by Gasteiger charge is -2.05. The van der Waals surface area contributed by atoms with Crippen molar-refractivity contribution in [3.63, 3.8) is 0 Å². The molecule has 1 aromatic carbocycles. The third kappa shape index (κ3) is 2.36. The Kier molecular flexibility index (Phi) is 2.82. The van der Waals surface area contributed by atoms with E-state index in [1.54, 1.807) is 36.5 Å². The number of aldehydes is 1. The van der Waals surface area contributed by atoms with Crippen molar-refractivity contribution >= 4 is 12.0 Å². The van der Waals surface area contributed by atoms with Crippen LogP contribution in [0.5, 0.6) is 11.5 Å². The summed E-state index contributed by atoms with van der Waals surface area (Å²) in [5.41, 5.74) is 6.70. The monoisotopic (exact) mass is 214 g/mol. The van der Waals surface area contributed by atoms with Crippen molar-refractivity contribution in [1.29, 1.82) is 0 Å². The summed E-state index contributed by atoms with van der Waals surface area (Å²) in [7, 11) is 0. The lowest BCUT2D eigenvalue weighted by atomic mass is 10.3. The number of nitrogens with two attached hydrogens (primary N) is 1. The van der Waals surface area contributed by atoms with Crippen LogP contribution in [0.25, 0.3) is 0 Å². The summed E-state index contributed by atoms with van der Waals surface area (Å²) in [5, 5.41) is 0. The molecule has 0 fully saturated rings. The van der Waals surface area contributed by atoms with E-state index in [1.807, 2.05) is 0 Å². The van der Waals surface area contributed by atoms with Gasteiger partial charge in [-0.2, -0.15) is 0 Å². The number of nitrogen functional groups attached to an aromatic ring is 1. The van der Waals surface area contributed by atoms with Gasteiger partial charge in [0.1, 0.15) is 11.5 Å². The molecule has 0 saturated heterocycles. The van der Waals surface area contributed by atoms with Gasteiger partial charge < -0.3 is 10.5 Å². The molecule has 4 heteroatoms. The van der Waals surface area contributed by atoms with Crippen LogP contribution in [0.2, 0.25) is 0 Å². The second kappa shape index (κ2) is 4.44. The first-order valence-corrected chi connectivity index (χ1v) is 4.71. The number of aromatic nitrogens is 1. The number of carbonyl (C=O) groups is 1. The zero-order chi connectivity index (χ0) is 11.4. The zero-order valence-electron chi connectivity index (χ0n) is 8.46. The highest BCUT2D eigenvalue weighted by atomic mass is 16.5. The summed E-state index contributed by atoms with van der Waals surface area (Å²) in [4.78, 5) is 14.4. The van der Waals surface area contributed by atoms with Gasteiger partial charge in [-0.1, -0.05) is 0 Å². The second-order valence-electron chi connectivity index (χ2n) is 3.24. The maximum absolute atomic E-state index is 10.5. The van der Waals surface area contributed by atoms with E-state index in [4.69, 9.17) is 10.5 Å². The molecule has 4 nitrogen and oxygen atoms in total. The summed E-state index contributed by atoms with van der Waals surface area (Å²) in [6.45, 7) is 0. The Morgan fingerprint density at radius 2 is 1.88 bits per heavy atom. The maximum Gasteiger partial charge on any atom is 0.151 e. The summed E-state index contributed by atoms with van der Waals surface area (Å²) in [6, 6.07) is 8.61. The van der Waals surface area contributed by atoms with Crippen molar-refractivity contribution in [1.82, 2.24) is 4.98 Å². The molecule has 0 amide bonds. The number of hydrogen-bond donors (Lipinski definition) is 1. The fraction of sp³-hybridized carbons (Fsp3) is 0. The third-order valence-electron chi connectivity index (χ3n) is 1.99. The second-order valence-corrected chi connectivity index (χ2v) is 3.24. The number of benzene rings is 1. The molecule has 0 unspecified atom stereocenters. The molecular weight excluding hydrogens is 204 g/mol. The zero-order valence-corrected chi connectivity index (χ0v) is 8.46. The minimum atomic E-state index is 0.480. The fourth-order valence-corrected chi connectivity index (χ4v) is 1.23. The molecule has 0 atom stereocenters. The van der Waals surface area contributed by atoms with Gasteiger partial charge in [-0.05, 0) is 30.3 Å². The van der Waals surface area contributed by atoms with Crippen LogP contribution in [0, 0.1) is 0 Å². The number of rotatable bonds is 3. The minimum absolute atomic E-state index is 0.480. The highest BCUT2D eigenvalue weighted by molar-refractivity contribution is 5.74. The Morgan fingerprint density at radius 3 is 2.56 bits per heavy atom. The Bertz CT molecular complexity index is 495. The van der Waals surface area contributed by atoms with E-state index in [0.717, 1.165) is 6.29 Å². The van der Waals surface area contributed by atoms with E-state index in [0.29, 0.717) is 22.7 Å². The number of carbonyl (C=O) groups excluding carboxylic acids is 1. The maximum atomic E-state index is 10.5. The number of nitrogens with zero attached hydrogens (tertiary/aromatic N) is 1. The van der Waals surface area contributed by atoms with Gasteiger partial charge in [0.2, 0.25) is 0 Å². The molecule has 0 radical (unpaired) electrons. The van der Waals surface area contributed by atoms with E-state index in [2.05, 4.69) is 4.98 Å². The van der Waals surface area contributed by atoms with E-state index in [9.17, 15) is 4.79 Å². The van der Waals surface area contributed by atoms with Crippen LogP contribution in [0.4, 0.5) is 5.69 Å². The van der Waals surface area contributed by atoms with E-state index in [-0.39, 0.29) is 0 Å². The van der Waals surface area contributed by atoms with Gasteiger partial charge in [-0.15, -0.1) is 0 Å². The Balaban J connectivity index is 2.20. The van der Waals surface area contributed by atoms with Crippen LogP contribution in [-0.4, -0.2) is 11.3 Å². The average molecular weight is 214 g/mol. The summed E-state index contributed by atoms with van der Waals surface area (Å²) >= 11 is 0. The van der Waals surface area contributed by atoms with Crippen LogP contribution in [0.3, 0.4) is 0 Å². The Morgan fingerprint density at radius 1 is 1.12 bits per heavy atom. The molecule has 0 saturated carbocycles. The number of pyridine rings is 1. The van der Waals surface area contributed by atoms with E-state index >= 15 is 0 Å². The predicted molar refractivity (Wildman–Crippen MR) is 60.6 cm³/mol. The highest BCUT2D eigenvalue weighted by Crippen LogP contribution is 2.21. The largest absolute Gasteiger partial charge is 0.456 e. The molecule has 0 bridgehead atoms. The minimum Gasteiger partial charge on any atom is -0.456 e. The van der Waals surface area contributed by atoms with Crippen LogP contribution < -0.4 is 10.5 Å². The van der Waals surface area contributed by atoms with Gasteiger partial charge in [0.25, 0.3) is 0 Å². The van der Waals surface area contributed by atoms with E-state index in [1.165, 1.54) is 6.20 Å². The van der Waals surface area contributed by atoms with Crippen molar-refractivity contribution in [3.05, 3.63) is 48.3 Å². The van der Waals surface area contributed by atoms with Gasteiger partial charge in [0.05, 0.1) is 6.20 Å². The summed E-state index contributed by atoms with van der Waals surface area (Å²) < 4.78 is 5.50. The first-order valence-electron chi connectivity index (χ1n) is 4.71. The van der Waals surface area contributed by atoms with Gasteiger partial charge in [-0.3, -0.25) is 9.78 Å². The molecule has 2 rings (SSSR count). The number of ether oxygens (including phenoxy) is 1. The molecule has 80 valence electrons. The lowest BCUT2D eigenvalue weighted by Crippen LogP contribution is -1.89. The van der Waals surface area contributed by atoms with Crippen LogP contribution in [0.15, 0.2) is 42.7 Å². The lowest BCUT2D eigenvalue weighted by molar-refractivity contribution is 0.112. The first kappa shape index (κ1) is 10.2. The van der Waals surface area contributed by atoms with Crippen molar-refractivity contribution in [2.24, 2.45) is 0 Å². The molecule has 0 aliphatic heterocycles. The van der Waals surface area contributed by atoms with Crippen molar-refractivity contribution in [2.45, 2.75) is 0 Å². The molecule has 2 N–H and O–H groups in total. The Hall–Kier alpha value is -2.36.